The van der Waals surface area contributed by atoms with Gasteiger partial charge < -0.3 is 14.5 Å². The molecular weight excluding hydrogens is 281 g/mol. The van der Waals surface area contributed by atoms with Gasteiger partial charge in [-0.25, -0.2) is 8.88 Å². The maximum Gasteiger partial charge on any atom is 0.479 e. The zero-order valence-corrected chi connectivity index (χ0v) is 12.2. The van der Waals surface area contributed by atoms with Crippen LogP contribution in [0.1, 0.15) is 13.8 Å². The van der Waals surface area contributed by atoms with Gasteiger partial charge in [-0.15, -0.1) is 0 Å². The predicted molar refractivity (Wildman–Crippen MR) is 65.4 cm³/mol. The van der Waals surface area contributed by atoms with Crippen molar-refractivity contribution in [3.8, 4) is 0 Å². The van der Waals surface area contributed by atoms with Gasteiger partial charge in [0.15, 0.2) is 0 Å². The van der Waals surface area contributed by atoms with Gasteiger partial charge in [0.25, 0.3) is 0 Å². The third kappa shape index (κ3) is 4.78. The third-order valence-corrected chi connectivity index (χ3v) is 5.44. The maximum atomic E-state index is 11.3. The molecule has 1 rings (SSSR count). The normalized spacial score (nSPS) is 39.2. The molecule has 2 radical (unpaired) electrons. The fourth-order valence-electron chi connectivity index (χ4n) is 1.66. The van der Waals surface area contributed by atoms with Gasteiger partial charge in [0.1, 0.15) is 7.85 Å². The molecular formula is C8H17BO7P2. The van der Waals surface area contributed by atoms with Crippen molar-refractivity contribution in [2.45, 2.75) is 26.0 Å². The lowest BCUT2D eigenvalue weighted by molar-refractivity contribution is 0.0273. The lowest BCUT2D eigenvalue weighted by atomic mass is 9.82. The van der Waals surface area contributed by atoms with Crippen molar-refractivity contribution in [2.75, 3.05) is 13.3 Å². The molecule has 1 aliphatic rings. The predicted octanol–water partition coefficient (Wildman–Crippen LogP) is 1.10. The van der Waals surface area contributed by atoms with Crippen LogP contribution in [0.25, 0.3) is 0 Å². The zero-order chi connectivity index (χ0) is 14.1. The summed E-state index contributed by atoms with van der Waals surface area (Å²) in [4.78, 5) is 18.1. The van der Waals surface area contributed by atoms with Crippen LogP contribution in [0.4, 0.5) is 0 Å². The summed E-state index contributed by atoms with van der Waals surface area (Å²) < 4.78 is 36.3. The Morgan fingerprint density at radius 3 is 2.22 bits per heavy atom. The van der Waals surface area contributed by atoms with Crippen molar-refractivity contribution >= 4 is 23.3 Å². The summed E-state index contributed by atoms with van der Waals surface area (Å²) in [6, 6.07) is -0.456. The van der Waals surface area contributed by atoms with Crippen LogP contribution in [0.15, 0.2) is 0 Å². The number of hydrogen-bond acceptors (Lipinski definition) is 5. The van der Waals surface area contributed by atoms with Crippen LogP contribution in [-0.2, 0) is 22.7 Å². The quantitative estimate of drug-likeness (QED) is 0.578. The molecule has 0 aromatic rings. The second-order valence-electron chi connectivity index (χ2n) is 4.51. The third-order valence-electron chi connectivity index (χ3n) is 2.92. The van der Waals surface area contributed by atoms with Gasteiger partial charge in [0.2, 0.25) is 0 Å². The summed E-state index contributed by atoms with van der Waals surface area (Å²) in [6.45, 7) is 4.35. The molecule has 0 saturated carbocycles. The van der Waals surface area contributed by atoms with Crippen molar-refractivity contribution in [3.05, 3.63) is 0 Å². The molecule has 0 aromatic heterocycles. The summed E-state index contributed by atoms with van der Waals surface area (Å²) in [5.41, 5.74) is 0. The van der Waals surface area contributed by atoms with Gasteiger partial charge >= 0.3 is 15.4 Å². The van der Waals surface area contributed by atoms with E-state index in [-0.39, 0.29) is 18.4 Å². The van der Waals surface area contributed by atoms with Crippen LogP contribution in [0.3, 0.4) is 0 Å². The second-order valence-corrected chi connectivity index (χ2v) is 7.96. The Morgan fingerprint density at radius 2 is 1.83 bits per heavy atom. The Morgan fingerprint density at radius 1 is 1.28 bits per heavy atom. The van der Waals surface area contributed by atoms with E-state index in [1.165, 1.54) is 0 Å². The lowest BCUT2D eigenvalue weighted by Gasteiger charge is -2.19. The highest BCUT2D eigenvalue weighted by Gasteiger charge is 2.38. The molecule has 1 fully saturated rings. The van der Waals surface area contributed by atoms with Crippen molar-refractivity contribution < 1.29 is 32.5 Å². The topological polar surface area (TPSA) is 102 Å². The first-order chi connectivity index (χ1) is 8.02. The molecule has 0 aromatic carbocycles. The summed E-state index contributed by atoms with van der Waals surface area (Å²) in [7, 11) is -2.98. The van der Waals surface area contributed by atoms with E-state index in [9.17, 15) is 14.0 Å². The summed E-state index contributed by atoms with van der Waals surface area (Å²) in [5.74, 6) is 0.135. The van der Waals surface area contributed by atoms with Crippen LogP contribution in [-0.4, -0.2) is 43.0 Å². The van der Waals surface area contributed by atoms with Crippen LogP contribution >= 0.6 is 15.4 Å². The average molecular weight is 298 g/mol. The molecule has 10 heteroatoms. The van der Waals surface area contributed by atoms with Crippen LogP contribution in [0.2, 0.25) is 0 Å². The van der Waals surface area contributed by atoms with Gasteiger partial charge in [-0.3, -0.25) is 9.09 Å². The van der Waals surface area contributed by atoms with Crippen molar-refractivity contribution in [1.29, 1.82) is 0 Å². The van der Waals surface area contributed by atoms with Crippen molar-refractivity contribution in [3.63, 3.8) is 0 Å². The van der Waals surface area contributed by atoms with Gasteiger partial charge in [-0.05, 0) is 11.8 Å². The van der Waals surface area contributed by atoms with E-state index < -0.39 is 27.5 Å². The summed E-state index contributed by atoms with van der Waals surface area (Å²) in [5, 5.41) is 0. The molecule has 0 spiro atoms. The van der Waals surface area contributed by atoms with E-state index in [1.54, 1.807) is 0 Å². The fourth-order valence-corrected chi connectivity index (χ4v) is 3.72. The molecule has 104 valence electrons. The number of hydrogen-bond donors (Lipinski definition) is 2. The number of rotatable bonds is 5. The monoisotopic (exact) mass is 298 g/mol. The summed E-state index contributed by atoms with van der Waals surface area (Å²) >= 11 is 0. The van der Waals surface area contributed by atoms with Gasteiger partial charge in [0.05, 0.1) is 12.7 Å². The Kier molecular flexibility index (Phi) is 5.24. The van der Waals surface area contributed by atoms with E-state index in [0.29, 0.717) is 0 Å². The highest BCUT2D eigenvalue weighted by molar-refractivity contribution is 7.63. The SMILES string of the molecule is [B]C1OC(COP(=O)(O)OP(C)(=O)O)C(C)C1C. The molecule has 0 amide bonds. The second kappa shape index (κ2) is 5.75. The van der Waals surface area contributed by atoms with E-state index >= 15 is 0 Å². The Balaban J connectivity index is 2.51. The first-order valence-electron chi connectivity index (χ1n) is 5.42. The Bertz CT molecular complexity index is 384. The average Bonchev–Trinajstić information content (AvgIpc) is 2.39. The molecule has 2 N–H and O–H groups in total. The number of phosphoric ester groups is 1. The molecule has 7 nitrogen and oxygen atoms in total. The lowest BCUT2D eigenvalue weighted by Crippen LogP contribution is -2.21. The molecule has 0 bridgehead atoms. The molecule has 1 heterocycles. The van der Waals surface area contributed by atoms with Crippen molar-refractivity contribution in [2.24, 2.45) is 11.8 Å². The Hall–Kier alpha value is 0.325. The largest absolute Gasteiger partial charge is 0.479 e. The zero-order valence-electron chi connectivity index (χ0n) is 10.4. The smallest absolute Gasteiger partial charge is 0.382 e. The standard InChI is InChI=1S/C8H17BO7P2/c1-5-6(2)8(9)15-7(5)4-14-18(12,13)16-17(3,10)11/h5-8H,4H2,1-3H3,(H,10,11)(H,12,13). The van der Waals surface area contributed by atoms with E-state index in [4.69, 9.17) is 17.5 Å². The fraction of sp³-hybridized carbons (Fsp3) is 1.00. The molecule has 0 aliphatic carbocycles. The van der Waals surface area contributed by atoms with Crippen LogP contribution in [0.5, 0.6) is 0 Å². The number of phosphoric acid groups is 1. The molecule has 6 atom stereocenters. The molecule has 1 saturated heterocycles. The van der Waals surface area contributed by atoms with E-state index in [2.05, 4.69) is 8.83 Å². The van der Waals surface area contributed by atoms with Crippen molar-refractivity contribution in [1.82, 2.24) is 0 Å². The molecule has 1 aliphatic heterocycles. The van der Waals surface area contributed by atoms with E-state index in [0.717, 1.165) is 6.66 Å². The Labute approximate surface area is 107 Å². The molecule has 6 unspecified atom stereocenters. The minimum Gasteiger partial charge on any atom is -0.382 e. The van der Waals surface area contributed by atoms with Crippen LogP contribution < -0.4 is 0 Å². The highest BCUT2D eigenvalue weighted by atomic mass is 31.3. The minimum absolute atomic E-state index is 0.0440. The van der Waals surface area contributed by atoms with E-state index in [1.807, 2.05) is 13.8 Å². The van der Waals surface area contributed by atoms with Gasteiger partial charge in [-0.2, -0.15) is 0 Å². The summed E-state index contributed by atoms with van der Waals surface area (Å²) in [6.07, 6.45) is -0.450. The van der Waals surface area contributed by atoms with Crippen LogP contribution in [0, 0.1) is 11.8 Å². The maximum absolute atomic E-state index is 11.3. The first-order valence-corrected chi connectivity index (χ1v) is 8.94. The first kappa shape index (κ1) is 16.4. The minimum atomic E-state index is -4.57. The molecule has 18 heavy (non-hydrogen) atoms. The number of ether oxygens (including phenoxy) is 1. The van der Waals surface area contributed by atoms with Gasteiger partial charge in [0, 0.05) is 12.7 Å². The van der Waals surface area contributed by atoms with Gasteiger partial charge in [-0.1, -0.05) is 13.8 Å². The highest BCUT2D eigenvalue weighted by Crippen LogP contribution is 2.58.